The van der Waals surface area contributed by atoms with Crippen molar-refractivity contribution in [2.24, 2.45) is 5.92 Å². The lowest BCUT2D eigenvalue weighted by atomic mass is 10.0. The van der Waals surface area contributed by atoms with E-state index in [1.165, 1.54) is 12.8 Å². The van der Waals surface area contributed by atoms with E-state index in [2.05, 4.69) is 11.9 Å². The Morgan fingerprint density at radius 2 is 2.11 bits per heavy atom. The number of hydrogen-bond acceptors (Lipinski definition) is 3. The fraction of sp³-hybridized carbons (Fsp3) is 0.714. The van der Waals surface area contributed by atoms with Crippen molar-refractivity contribution in [3.8, 4) is 0 Å². The molecule has 1 N–H and O–H groups in total. The molecule has 1 aliphatic carbocycles. The van der Waals surface area contributed by atoms with Crippen LogP contribution >= 0.6 is 0 Å². The monoisotopic (exact) mass is 253 g/mol. The van der Waals surface area contributed by atoms with Crippen LogP contribution in [-0.2, 0) is 14.3 Å². The first-order chi connectivity index (χ1) is 8.63. The quantitative estimate of drug-likeness (QED) is 0.430. The molecule has 0 aromatic carbocycles. The van der Waals surface area contributed by atoms with Gasteiger partial charge in [-0.05, 0) is 32.1 Å². The van der Waals surface area contributed by atoms with Crippen molar-refractivity contribution in [1.82, 2.24) is 5.32 Å². The topological polar surface area (TPSA) is 55.4 Å². The van der Waals surface area contributed by atoms with Crippen molar-refractivity contribution in [1.29, 1.82) is 0 Å². The van der Waals surface area contributed by atoms with Gasteiger partial charge in [0.1, 0.15) is 6.04 Å². The van der Waals surface area contributed by atoms with E-state index in [4.69, 9.17) is 4.74 Å². The highest BCUT2D eigenvalue weighted by Crippen LogP contribution is 2.27. The summed E-state index contributed by atoms with van der Waals surface area (Å²) in [5.41, 5.74) is 0. The summed E-state index contributed by atoms with van der Waals surface area (Å²) in [4.78, 5) is 23.2. The lowest BCUT2D eigenvalue weighted by Crippen LogP contribution is -2.40. The minimum absolute atomic E-state index is 0.0462. The van der Waals surface area contributed by atoms with E-state index in [-0.39, 0.29) is 11.9 Å². The average Bonchev–Trinajstić information content (AvgIpc) is 2.81. The molecule has 18 heavy (non-hydrogen) atoms. The predicted molar refractivity (Wildman–Crippen MR) is 70.0 cm³/mol. The third kappa shape index (κ3) is 5.34. The molecule has 1 rings (SSSR count). The van der Waals surface area contributed by atoms with Gasteiger partial charge in [-0.25, -0.2) is 4.79 Å². The van der Waals surface area contributed by atoms with Gasteiger partial charge in [0.2, 0.25) is 5.91 Å². The smallest absolute Gasteiger partial charge is 0.328 e. The molecule has 4 nitrogen and oxygen atoms in total. The van der Waals surface area contributed by atoms with Gasteiger partial charge in [-0.2, -0.15) is 0 Å². The third-order valence-electron chi connectivity index (χ3n) is 3.25. The molecule has 4 heteroatoms. The molecular formula is C14H23NO3. The largest absolute Gasteiger partial charge is 0.464 e. The molecule has 0 saturated heterocycles. The van der Waals surface area contributed by atoms with Crippen LogP contribution in [0.1, 0.15) is 45.4 Å². The van der Waals surface area contributed by atoms with Gasteiger partial charge in [-0.1, -0.05) is 18.9 Å². The third-order valence-corrected chi connectivity index (χ3v) is 3.25. The zero-order valence-corrected chi connectivity index (χ0v) is 11.1. The fourth-order valence-electron chi connectivity index (χ4n) is 2.20. The van der Waals surface area contributed by atoms with Crippen LogP contribution in [0.4, 0.5) is 0 Å². The molecule has 1 amide bonds. The summed E-state index contributed by atoms with van der Waals surface area (Å²) in [6.07, 6.45) is 7.56. The first-order valence-corrected chi connectivity index (χ1v) is 6.70. The van der Waals surface area contributed by atoms with Crippen molar-refractivity contribution < 1.29 is 14.3 Å². The molecule has 0 aromatic rings. The summed E-state index contributed by atoms with van der Waals surface area (Å²) in [7, 11) is 0. The highest BCUT2D eigenvalue weighted by Gasteiger charge is 2.21. The number of hydrogen-bond donors (Lipinski definition) is 1. The molecule has 1 saturated carbocycles. The van der Waals surface area contributed by atoms with Crippen LogP contribution < -0.4 is 5.32 Å². The molecule has 0 radical (unpaired) electrons. The maximum absolute atomic E-state index is 11.7. The summed E-state index contributed by atoms with van der Waals surface area (Å²) in [6.45, 7) is 5.53. The number of carbonyl (C=O) groups excluding carboxylic acids is 2. The van der Waals surface area contributed by atoms with E-state index >= 15 is 0 Å². The number of rotatable bonds is 7. The Hall–Kier alpha value is -1.32. The Balaban J connectivity index is 2.20. The minimum Gasteiger partial charge on any atom is -0.464 e. The van der Waals surface area contributed by atoms with E-state index < -0.39 is 6.04 Å². The van der Waals surface area contributed by atoms with E-state index in [9.17, 15) is 9.59 Å². The van der Waals surface area contributed by atoms with Gasteiger partial charge in [0, 0.05) is 6.42 Å². The van der Waals surface area contributed by atoms with Crippen molar-refractivity contribution in [2.45, 2.75) is 51.5 Å². The Labute approximate surface area is 109 Å². The fourth-order valence-corrected chi connectivity index (χ4v) is 2.20. The van der Waals surface area contributed by atoms with Crippen LogP contribution in [-0.4, -0.2) is 24.5 Å². The van der Waals surface area contributed by atoms with Crippen LogP contribution in [0.25, 0.3) is 0 Å². The summed E-state index contributed by atoms with van der Waals surface area (Å²) >= 11 is 0. The molecule has 0 aromatic heterocycles. The number of esters is 1. The van der Waals surface area contributed by atoms with Crippen LogP contribution in [0.2, 0.25) is 0 Å². The van der Waals surface area contributed by atoms with E-state index in [0.717, 1.165) is 12.8 Å². The molecular weight excluding hydrogens is 230 g/mol. The molecule has 1 atom stereocenters. The van der Waals surface area contributed by atoms with Gasteiger partial charge in [-0.3, -0.25) is 4.79 Å². The number of ether oxygens (including phenoxy) is 1. The second-order valence-electron chi connectivity index (χ2n) is 4.89. The lowest BCUT2D eigenvalue weighted by Gasteiger charge is -2.14. The van der Waals surface area contributed by atoms with Crippen LogP contribution in [0, 0.1) is 5.92 Å². The SMILES string of the molecule is C=CCCOC(=O)[C@H](C)NC(=O)CC1CCCC1. The van der Waals surface area contributed by atoms with Gasteiger partial charge in [0.05, 0.1) is 6.61 Å². The predicted octanol–water partition coefficient (Wildman–Crippen LogP) is 2.19. The van der Waals surface area contributed by atoms with Crippen LogP contribution in [0.15, 0.2) is 12.7 Å². The van der Waals surface area contributed by atoms with Gasteiger partial charge < -0.3 is 10.1 Å². The minimum atomic E-state index is -0.566. The van der Waals surface area contributed by atoms with Gasteiger partial charge in [0.15, 0.2) is 0 Å². The maximum atomic E-state index is 11.7. The molecule has 0 unspecified atom stereocenters. The molecule has 0 bridgehead atoms. The molecule has 0 heterocycles. The van der Waals surface area contributed by atoms with Crippen molar-refractivity contribution in [3.63, 3.8) is 0 Å². The highest BCUT2D eigenvalue weighted by atomic mass is 16.5. The number of nitrogens with one attached hydrogen (secondary N) is 1. The highest BCUT2D eigenvalue weighted by molar-refractivity contribution is 5.84. The zero-order valence-electron chi connectivity index (χ0n) is 11.1. The first kappa shape index (κ1) is 14.7. The van der Waals surface area contributed by atoms with Gasteiger partial charge in [-0.15, -0.1) is 6.58 Å². The van der Waals surface area contributed by atoms with Crippen molar-refractivity contribution in [3.05, 3.63) is 12.7 Å². The van der Waals surface area contributed by atoms with Crippen LogP contribution in [0.5, 0.6) is 0 Å². The molecule has 0 spiro atoms. The number of amides is 1. The summed E-state index contributed by atoms with van der Waals surface area (Å²) in [5.74, 6) is 0.0701. The lowest BCUT2D eigenvalue weighted by molar-refractivity contribution is -0.147. The molecule has 1 aliphatic rings. The Morgan fingerprint density at radius 3 is 2.72 bits per heavy atom. The summed E-state index contributed by atoms with van der Waals surface area (Å²) in [6, 6.07) is -0.566. The second kappa shape index (κ2) is 7.90. The van der Waals surface area contributed by atoms with Crippen molar-refractivity contribution >= 4 is 11.9 Å². The molecule has 102 valence electrons. The van der Waals surface area contributed by atoms with Gasteiger partial charge >= 0.3 is 5.97 Å². The maximum Gasteiger partial charge on any atom is 0.328 e. The van der Waals surface area contributed by atoms with E-state index in [1.54, 1.807) is 13.0 Å². The number of carbonyl (C=O) groups is 2. The van der Waals surface area contributed by atoms with E-state index in [0.29, 0.717) is 25.4 Å². The second-order valence-corrected chi connectivity index (χ2v) is 4.89. The average molecular weight is 253 g/mol. The summed E-state index contributed by atoms with van der Waals surface area (Å²) in [5, 5.41) is 2.69. The van der Waals surface area contributed by atoms with Crippen molar-refractivity contribution in [2.75, 3.05) is 6.61 Å². The standard InChI is InChI=1S/C14H23NO3/c1-3-4-9-18-14(17)11(2)15-13(16)10-12-7-5-6-8-12/h3,11-12H,1,4-10H2,2H3,(H,15,16)/t11-/m0/s1. The molecule has 1 fully saturated rings. The normalized spacial score (nSPS) is 17.2. The Morgan fingerprint density at radius 1 is 1.44 bits per heavy atom. The molecule has 0 aliphatic heterocycles. The van der Waals surface area contributed by atoms with E-state index in [1.807, 2.05) is 0 Å². The Kier molecular flexibility index (Phi) is 6.47. The van der Waals surface area contributed by atoms with Gasteiger partial charge in [0.25, 0.3) is 0 Å². The Bertz CT molecular complexity index is 295. The zero-order chi connectivity index (χ0) is 13.4. The first-order valence-electron chi connectivity index (χ1n) is 6.70. The van der Waals surface area contributed by atoms with Crippen LogP contribution in [0.3, 0.4) is 0 Å². The summed E-state index contributed by atoms with van der Waals surface area (Å²) < 4.78 is 4.99.